The van der Waals surface area contributed by atoms with Gasteiger partial charge < -0.3 is 20.7 Å². The highest BCUT2D eigenvalue weighted by Crippen LogP contribution is 2.30. The number of nitrogens with one attached hydrogen (secondary N) is 1. The molecule has 1 amide bonds. The fourth-order valence-corrected chi connectivity index (χ4v) is 4.63. The summed E-state index contributed by atoms with van der Waals surface area (Å²) in [7, 11) is 0. The SMILES string of the molecule is CC(C)(C)OC(=O)N1CCC(CNc2c(/C(N)=N/c3cc(F)ccc3Cl)cnn3cc(Br)cc23)CC1. The number of carbonyl (C=O) groups excluding carboxylic acids is 1. The molecule has 2 aromatic heterocycles. The molecule has 0 spiro atoms. The number of halogens is 3. The van der Waals surface area contributed by atoms with Crippen molar-refractivity contribution in [1.29, 1.82) is 0 Å². The third-order valence-corrected chi connectivity index (χ3v) is 6.62. The zero-order valence-corrected chi connectivity index (χ0v) is 22.7. The van der Waals surface area contributed by atoms with E-state index in [1.165, 1.54) is 18.2 Å². The number of aromatic nitrogens is 2. The lowest BCUT2D eigenvalue weighted by Gasteiger charge is -2.33. The van der Waals surface area contributed by atoms with Crippen LogP contribution in [-0.4, -0.2) is 51.7 Å². The van der Waals surface area contributed by atoms with Crippen LogP contribution in [0.25, 0.3) is 5.52 Å². The van der Waals surface area contributed by atoms with E-state index in [9.17, 15) is 9.18 Å². The van der Waals surface area contributed by atoms with Gasteiger partial charge in [-0.05, 0) is 73.7 Å². The molecule has 8 nitrogen and oxygen atoms in total. The Labute approximate surface area is 222 Å². The van der Waals surface area contributed by atoms with Crippen molar-refractivity contribution in [3.8, 4) is 0 Å². The third kappa shape index (κ3) is 6.28. The summed E-state index contributed by atoms with van der Waals surface area (Å²) in [6.07, 6.45) is 4.89. The van der Waals surface area contributed by atoms with Gasteiger partial charge in [-0.1, -0.05) is 11.6 Å². The molecule has 3 aromatic rings. The summed E-state index contributed by atoms with van der Waals surface area (Å²) >= 11 is 9.69. The van der Waals surface area contributed by atoms with Crippen LogP contribution in [0.1, 0.15) is 39.2 Å². The first kappa shape index (κ1) is 26.2. The Morgan fingerprint density at radius 2 is 2.06 bits per heavy atom. The first-order valence-electron chi connectivity index (χ1n) is 11.7. The maximum absolute atomic E-state index is 13.7. The predicted molar refractivity (Wildman–Crippen MR) is 144 cm³/mol. The second-order valence-electron chi connectivity index (χ2n) is 9.81. The van der Waals surface area contributed by atoms with Crippen LogP contribution < -0.4 is 11.1 Å². The fourth-order valence-electron chi connectivity index (χ4n) is 4.06. The first-order valence-corrected chi connectivity index (χ1v) is 12.9. The van der Waals surface area contributed by atoms with Crippen molar-refractivity contribution in [2.45, 2.75) is 39.2 Å². The average molecular weight is 580 g/mol. The minimum absolute atomic E-state index is 0.164. The molecule has 0 bridgehead atoms. The summed E-state index contributed by atoms with van der Waals surface area (Å²) in [6, 6.07) is 5.88. The zero-order valence-electron chi connectivity index (χ0n) is 20.4. The van der Waals surface area contributed by atoms with Gasteiger partial charge in [0.25, 0.3) is 0 Å². The number of amides is 1. The number of fused-ring (bicyclic) bond motifs is 1. The number of amidine groups is 1. The van der Waals surface area contributed by atoms with E-state index in [4.69, 9.17) is 22.1 Å². The Morgan fingerprint density at radius 3 is 2.75 bits per heavy atom. The van der Waals surface area contributed by atoms with Crippen LogP contribution >= 0.6 is 27.5 Å². The van der Waals surface area contributed by atoms with Crippen LogP contribution in [0.5, 0.6) is 0 Å². The number of nitrogens with zero attached hydrogens (tertiary/aromatic N) is 4. The lowest BCUT2D eigenvalue weighted by atomic mass is 9.97. The van der Waals surface area contributed by atoms with Crippen molar-refractivity contribution >= 4 is 56.4 Å². The van der Waals surface area contributed by atoms with E-state index in [-0.39, 0.29) is 17.6 Å². The van der Waals surface area contributed by atoms with E-state index in [1.54, 1.807) is 15.6 Å². The smallest absolute Gasteiger partial charge is 0.410 e. The number of rotatable bonds is 5. The van der Waals surface area contributed by atoms with E-state index >= 15 is 0 Å². The van der Waals surface area contributed by atoms with Gasteiger partial charge in [-0.2, -0.15) is 5.10 Å². The molecule has 1 aliphatic heterocycles. The molecule has 4 rings (SSSR count). The average Bonchev–Trinajstić information content (AvgIpc) is 3.19. The van der Waals surface area contributed by atoms with Gasteiger partial charge in [0.05, 0.1) is 33.7 Å². The predicted octanol–water partition coefficient (Wildman–Crippen LogP) is 5.99. The van der Waals surface area contributed by atoms with Gasteiger partial charge in [-0.3, -0.25) is 0 Å². The minimum atomic E-state index is -0.513. The van der Waals surface area contributed by atoms with Crippen molar-refractivity contribution in [3.63, 3.8) is 0 Å². The number of carbonyl (C=O) groups is 1. The number of anilines is 1. The number of hydrogen-bond acceptors (Lipinski definition) is 5. The molecule has 3 heterocycles. The highest BCUT2D eigenvalue weighted by molar-refractivity contribution is 9.10. The van der Waals surface area contributed by atoms with E-state index < -0.39 is 11.4 Å². The molecule has 0 saturated carbocycles. The molecule has 192 valence electrons. The van der Waals surface area contributed by atoms with Crippen LogP contribution in [0.2, 0.25) is 5.02 Å². The van der Waals surface area contributed by atoms with E-state index in [0.717, 1.165) is 28.5 Å². The fraction of sp³-hybridized carbons (Fsp3) is 0.400. The van der Waals surface area contributed by atoms with Gasteiger partial charge in [0.15, 0.2) is 0 Å². The highest BCUT2D eigenvalue weighted by atomic mass is 79.9. The number of likely N-dealkylation sites (tertiary alicyclic amines) is 1. The van der Waals surface area contributed by atoms with Crippen LogP contribution in [0, 0.1) is 11.7 Å². The quantitative estimate of drug-likeness (QED) is 0.286. The molecule has 3 N–H and O–H groups in total. The Hall–Kier alpha value is -2.85. The molecule has 11 heteroatoms. The van der Waals surface area contributed by atoms with Crippen LogP contribution in [0.4, 0.5) is 20.6 Å². The van der Waals surface area contributed by atoms with Crippen molar-refractivity contribution in [2.24, 2.45) is 16.6 Å². The molecule has 0 atom stereocenters. The number of benzene rings is 1. The molecule has 1 aromatic carbocycles. The Kier molecular flexibility index (Phi) is 7.75. The van der Waals surface area contributed by atoms with Crippen molar-refractivity contribution in [1.82, 2.24) is 14.5 Å². The molecule has 36 heavy (non-hydrogen) atoms. The van der Waals surface area contributed by atoms with Gasteiger partial charge >= 0.3 is 6.09 Å². The van der Waals surface area contributed by atoms with E-state index in [0.29, 0.717) is 36.1 Å². The monoisotopic (exact) mass is 578 g/mol. The number of piperidine rings is 1. The molecule has 1 aliphatic rings. The van der Waals surface area contributed by atoms with Crippen molar-refractivity contribution in [2.75, 3.05) is 25.0 Å². The normalized spacial score (nSPS) is 15.4. The number of ether oxygens (including phenoxy) is 1. The molecule has 1 saturated heterocycles. The maximum Gasteiger partial charge on any atom is 0.410 e. The van der Waals surface area contributed by atoms with Gasteiger partial charge in [-0.15, -0.1) is 0 Å². The summed E-state index contributed by atoms with van der Waals surface area (Å²) in [6.45, 7) is 7.55. The second kappa shape index (κ2) is 10.6. The summed E-state index contributed by atoms with van der Waals surface area (Å²) in [4.78, 5) is 18.5. The summed E-state index contributed by atoms with van der Waals surface area (Å²) < 4.78 is 21.8. The van der Waals surface area contributed by atoms with Gasteiger partial charge in [-0.25, -0.2) is 18.7 Å². The standard InChI is InChI=1S/C25H29BrClFN6O2/c1-25(2,3)36-24(35)33-8-6-15(7-9-33)12-30-22-18(13-31-34-14-16(26)10-21(22)34)23(29)32-20-11-17(28)4-5-19(20)27/h4-5,10-11,13-15,30H,6-9,12H2,1-3H3,(H2,29,32). The van der Waals surface area contributed by atoms with Gasteiger partial charge in [0.1, 0.15) is 17.3 Å². The Morgan fingerprint density at radius 1 is 1.33 bits per heavy atom. The van der Waals surface area contributed by atoms with Gasteiger partial charge in [0, 0.05) is 36.4 Å². The van der Waals surface area contributed by atoms with E-state index in [1.807, 2.05) is 33.0 Å². The lowest BCUT2D eigenvalue weighted by molar-refractivity contribution is 0.0188. The second-order valence-corrected chi connectivity index (χ2v) is 11.1. The first-order chi connectivity index (χ1) is 17.0. The van der Waals surface area contributed by atoms with Crippen molar-refractivity contribution in [3.05, 3.63) is 57.5 Å². The topological polar surface area (TPSA) is 97.2 Å². The lowest BCUT2D eigenvalue weighted by Crippen LogP contribution is -2.42. The highest BCUT2D eigenvalue weighted by Gasteiger charge is 2.27. The molecule has 0 radical (unpaired) electrons. The molecular formula is C25H29BrClFN6O2. The van der Waals surface area contributed by atoms with Crippen molar-refractivity contribution < 1.29 is 13.9 Å². The Bertz CT molecular complexity index is 1300. The van der Waals surface area contributed by atoms with Crippen LogP contribution in [0.15, 0.2) is 46.1 Å². The summed E-state index contributed by atoms with van der Waals surface area (Å²) in [5.41, 5.74) is 8.25. The molecule has 0 unspecified atom stereocenters. The number of nitrogens with two attached hydrogens (primary N) is 1. The van der Waals surface area contributed by atoms with E-state index in [2.05, 4.69) is 31.3 Å². The third-order valence-electron chi connectivity index (χ3n) is 5.86. The van der Waals surface area contributed by atoms with Crippen LogP contribution in [-0.2, 0) is 4.74 Å². The number of hydrogen-bond donors (Lipinski definition) is 2. The largest absolute Gasteiger partial charge is 0.444 e. The minimum Gasteiger partial charge on any atom is -0.444 e. The number of aliphatic imine (C=N–C) groups is 1. The van der Waals surface area contributed by atoms with Gasteiger partial charge in [0.2, 0.25) is 0 Å². The molecule has 1 fully saturated rings. The zero-order chi connectivity index (χ0) is 26.0. The van der Waals surface area contributed by atoms with Crippen LogP contribution in [0.3, 0.4) is 0 Å². The summed E-state index contributed by atoms with van der Waals surface area (Å²) in [5.74, 6) is 0.0576. The summed E-state index contributed by atoms with van der Waals surface area (Å²) in [5, 5.41) is 8.27. The molecular weight excluding hydrogens is 551 g/mol. The maximum atomic E-state index is 13.7. The Balaban J connectivity index is 1.53. The molecule has 0 aliphatic carbocycles.